The lowest BCUT2D eigenvalue weighted by atomic mass is 9.98. The van der Waals surface area contributed by atoms with Gasteiger partial charge >= 0.3 is 0 Å². The Morgan fingerprint density at radius 2 is 1.81 bits per heavy atom. The first kappa shape index (κ1) is 15.0. The molecule has 26 heavy (non-hydrogen) atoms. The van der Waals surface area contributed by atoms with Crippen LogP contribution in [0, 0.1) is 6.92 Å². The van der Waals surface area contributed by atoms with Crippen LogP contribution in [0.3, 0.4) is 0 Å². The van der Waals surface area contributed by atoms with Gasteiger partial charge in [0.25, 0.3) is 0 Å². The summed E-state index contributed by atoms with van der Waals surface area (Å²) in [6.07, 6.45) is -0.130. The molecule has 1 unspecified atom stereocenters. The fourth-order valence-corrected chi connectivity index (χ4v) is 3.89. The van der Waals surface area contributed by atoms with E-state index in [9.17, 15) is 0 Å². The van der Waals surface area contributed by atoms with E-state index in [1.807, 2.05) is 13.0 Å². The fraction of sp³-hybridized carbons (Fsp3) is 0.136. The molecule has 4 nitrogen and oxygen atoms in total. The average molecular weight is 341 g/mol. The predicted octanol–water partition coefficient (Wildman–Crippen LogP) is 4.99. The van der Waals surface area contributed by atoms with Gasteiger partial charge in [-0.2, -0.15) is 5.10 Å². The Bertz CT molecular complexity index is 1130. The molecular formula is C22H19N3O. The van der Waals surface area contributed by atoms with E-state index in [0.717, 1.165) is 28.4 Å². The zero-order valence-corrected chi connectivity index (χ0v) is 14.7. The monoisotopic (exact) mass is 341 g/mol. The number of nitrogens with one attached hydrogen (secondary N) is 1. The molecule has 2 heterocycles. The first-order chi connectivity index (χ1) is 12.8. The van der Waals surface area contributed by atoms with Crippen molar-refractivity contribution in [3.05, 3.63) is 78.0 Å². The number of nitrogens with zero attached hydrogens (tertiary/aromatic N) is 2. The molecule has 4 heteroatoms. The summed E-state index contributed by atoms with van der Waals surface area (Å²) in [7, 11) is 1.72. The maximum absolute atomic E-state index is 5.74. The van der Waals surface area contributed by atoms with E-state index < -0.39 is 0 Å². The summed E-state index contributed by atoms with van der Waals surface area (Å²) in [6, 6.07) is 23.0. The van der Waals surface area contributed by atoms with Gasteiger partial charge in [0.05, 0.1) is 18.5 Å². The van der Waals surface area contributed by atoms with Gasteiger partial charge < -0.3 is 10.1 Å². The molecule has 1 aromatic heterocycles. The van der Waals surface area contributed by atoms with Crippen molar-refractivity contribution in [1.82, 2.24) is 9.78 Å². The van der Waals surface area contributed by atoms with Crippen molar-refractivity contribution in [2.24, 2.45) is 0 Å². The highest BCUT2D eigenvalue weighted by atomic mass is 16.5. The fourth-order valence-electron chi connectivity index (χ4n) is 3.89. The van der Waals surface area contributed by atoms with Crippen LogP contribution in [0.25, 0.3) is 22.0 Å². The summed E-state index contributed by atoms with van der Waals surface area (Å²) in [5.41, 5.74) is 5.51. The highest BCUT2D eigenvalue weighted by Gasteiger charge is 2.29. The Hall–Kier alpha value is -3.27. The van der Waals surface area contributed by atoms with Crippen LogP contribution in [-0.2, 0) is 0 Å². The topological polar surface area (TPSA) is 39.1 Å². The van der Waals surface area contributed by atoms with Crippen molar-refractivity contribution in [3.8, 4) is 17.0 Å². The van der Waals surface area contributed by atoms with Crippen molar-refractivity contribution in [3.63, 3.8) is 0 Å². The van der Waals surface area contributed by atoms with E-state index in [4.69, 9.17) is 9.84 Å². The Balaban J connectivity index is 1.81. The number of para-hydroxylation sites is 1. The number of methoxy groups -OCH3 is 1. The lowest BCUT2D eigenvalue weighted by Crippen LogP contribution is -2.26. The van der Waals surface area contributed by atoms with Crippen LogP contribution in [0.15, 0.2) is 66.7 Å². The third kappa shape index (κ3) is 2.12. The molecule has 1 atom stereocenters. The van der Waals surface area contributed by atoms with Crippen LogP contribution < -0.4 is 10.1 Å². The lowest BCUT2D eigenvalue weighted by molar-refractivity contribution is 0.403. The number of benzene rings is 3. The standard InChI is InChI=1S/C22H19N3O/c1-14-13-19-17-9-5-6-10-18(17)23-22(25(19)24-14)21-16-8-4-3-7-15(16)11-12-20(21)26-2/h3-13,22-23H,1-2H3. The Labute approximate surface area is 152 Å². The Morgan fingerprint density at radius 3 is 2.69 bits per heavy atom. The lowest BCUT2D eigenvalue weighted by Gasteiger charge is -2.31. The van der Waals surface area contributed by atoms with Crippen LogP contribution >= 0.6 is 0 Å². The van der Waals surface area contributed by atoms with Crippen LogP contribution in [0.4, 0.5) is 5.69 Å². The van der Waals surface area contributed by atoms with Crippen LogP contribution in [0.2, 0.25) is 0 Å². The maximum atomic E-state index is 5.74. The molecule has 128 valence electrons. The van der Waals surface area contributed by atoms with Gasteiger partial charge in [0.2, 0.25) is 0 Å². The molecule has 1 aliphatic heterocycles. The number of fused-ring (bicyclic) bond motifs is 4. The molecule has 0 fully saturated rings. The van der Waals surface area contributed by atoms with Gasteiger partial charge in [-0.05, 0) is 35.9 Å². The van der Waals surface area contributed by atoms with Crippen molar-refractivity contribution in [2.75, 3.05) is 12.4 Å². The molecular weight excluding hydrogens is 322 g/mol. The largest absolute Gasteiger partial charge is 0.496 e. The van der Waals surface area contributed by atoms with Gasteiger partial charge in [-0.25, -0.2) is 4.68 Å². The number of ether oxygens (including phenoxy) is 1. The molecule has 0 aliphatic carbocycles. The van der Waals surface area contributed by atoms with Gasteiger partial charge in [0, 0.05) is 16.8 Å². The molecule has 3 aromatic carbocycles. The van der Waals surface area contributed by atoms with E-state index in [-0.39, 0.29) is 6.17 Å². The molecule has 1 aliphatic rings. The first-order valence-corrected chi connectivity index (χ1v) is 8.74. The van der Waals surface area contributed by atoms with E-state index in [1.54, 1.807) is 7.11 Å². The minimum absolute atomic E-state index is 0.130. The zero-order chi connectivity index (χ0) is 17.7. The minimum Gasteiger partial charge on any atom is -0.496 e. The molecule has 5 rings (SSSR count). The van der Waals surface area contributed by atoms with Gasteiger partial charge in [-0.15, -0.1) is 0 Å². The van der Waals surface area contributed by atoms with Crippen molar-refractivity contribution in [2.45, 2.75) is 13.1 Å². The van der Waals surface area contributed by atoms with Gasteiger partial charge in [0.15, 0.2) is 6.17 Å². The molecule has 0 saturated heterocycles. The van der Waals surface area contributed by atoms with Crippen LogP contribution in [0.1, 0.15) is 17.4 Å². The molecule has 4 aromatic rings. The van der Waals surface area contributed by atoms with E-state index in [1.165, 1.54) is 16.3 Å². The van der Waals surface area contributed by atoms with Gasteiger partial charge in [-0.1, -0.05) is 48.5 Å². The summed E-state index contributed by atoms with van der Waals surface area (Å²) in [6.45, 7) is 2.03. The smallest absolute Gasteiger partial charge is 0.151 e. The second-order valence-electron chi connectivity index (χ2n) is 6.61. The Morgan fingerprint density at radius 1 is 1.00 bits per heavy atom. The average Bonchev–Trinajstić information content (AvgIpc) is 3.08. The number of hydrogen-bond donors (Lipinski definition) is 1. The normalized spacial score (nSPS) is 15.2. The van der Waals surface area contributed by atoms with Crippen molar-refractivity contribution >= 4 is 16.5 Å². The molecule has 0 spiro atoms. The summed E-state index contributed by atoms with van der Waals surface area (Å²) in [5.74, 6) is 0.861. The van der Waals surface area contributed by atoms with Crippen LogP contribution in [0.5, 0.6) is 5.75 Å². The molecule has 0 radical (unpaired) electrons. The summed E-state index contributed by atoms with van der Waals surface area (Å²) in [4.78, 5) is 0. The van der Waals surface area contributed by atoms with Crippen LogP contribution in [-0.4, -0.2) is 16.9 Å². The number of rotatable bonds is 2. The third-order valence-electron chi connectivity index (χ3n) is 5.02. The zero-order valence-electron chi connectivity index (χ0n) is 14.7. The second kappa shape index (κ2) is 5.63. The molecule has 0 bridgehead atoms. The maximum Gasteiger partial charge on any atom is 0.151 e. The highest BCUT2D eigenvalue weighted by Crippen LogP contribution is 2.42. The summed E-state index contributed by atoms with van der Waals surface area (Å²) >= 11 is 0. The number of aryl methyl sites for hydroxylation is 1. The number of hydrogen-bond acceptors (Lipinski definition) is 3. The number of anilines is 1. The first-order valence-electron chi connectivity index (χ1n) is 8.74. The van der Waals surface area contributed by atoms with Gasteiger partial charge in [0.1, 0.15) is 5.75 Å². The second-order valence-corrected chi connectivity index (χ2v) is 6.61. The van der Waals surface area contributed by atoms with Crippen molar-refractivity contribution in [1.29, 1.82) is 0 Å². The molecule has 1 N–H and O–H groups in total. The summed E-state index contributed by atoms with van der Waals surface area (Å²) < 4.78 is 7.81. The van der Waals surface area contributed by atoms with E-state index >= 15 is 0 Å². The highest BCUT2D eigenvalue weighted by molar-refractivity contribution is 5.89. The SMILES string of the molecule is COc1ccc2ccccc2c1C1Nc2ccccc2-c2cc(C)nn21. The summed E-state index contributed by atoms with van der Waals surface area (Å²) in [5, 5.41) is 10.8. The Kier molecular flexibility index (Phi) is 3.25. The van der Waals surface area contributed by atoms with E-state index in [0.29, 0.717) is 0 Å². The van der Waals surface area contributed by atoms with E-state index in [2.05, 4.69) is 70.7 Å². The minimum atomic E-state index is -0.130. The predicted molar refractivity (Wildman–Crippen MR) is 105 cm³/mol. The quantitative estimate of drug-likeness (QED) is 0.558. The van der Waals surface area contributed by atoms with Gasteiger partial charge in [-0.3, -0.25) is 0 Å². The van der Waals surface area contributed by atoms with Crippen molar-refractivity contribution < 1.29 is 4.74 Å². The number of aromatic nitrogens is 2. The molecule has 0 saturated carbocycles. The molecule has 0 amide bonds. The third-order valence-corrected chi connectivity index (χ3v) is 5.02.